The smallest absolute Gasteiger partial charge is 0.0997 e. The number of nitrogens with zero attached hydrogens (tertiary/aromatic N) is 1. The molecule has 0 saturated carbocycles. The standard InChI is InChI=1S/C10H21NOS/c1-9(13-4)12-8-10(2)6-5-7-11(10)3/h9H,5-8H2,1-4H3. The number of likely N-dealkylation sites (N-methyl/N-ethyl adjacent to an activating group) is 1. The largest absolute Gasteiger partial charge is 0.366 e. The van der Waals surface area contributed by atoms with Crippen molar-refractivity contribution in [1.82, 2.24) is 4.90 Å². The van der Waals surface area contributed by atoms with Crippen LogP contribution in [-0.2, 0) is 4.74 Å². The summed E-state index contributed by atoms with van der Waals surface area (Å²) < 4.78 is 5.77. The molecule has 2 atom stereocenters. The van der Waals surface area contributed by atoms with Gasteiger partial charge in [-0.15, -0.1) is 11.8 Å². The van der Waals surface area contributed by atoms with Crippen LogP contribution in [0.4, 0.5) is 0 Å². The minimum atomic E-state index is 0.282. The molecule has 2 unspecified atom stereocenters. The van der Waals surface area contributed by atoms with Gasteiger partial charge in [0, 0.05) is 5.54 Å². The normalized spacial score (nSPS) is 32.3. The molecule has 1 aliphatic rings. The Labute approximate surface area is 86.0 Å². The number of hydrogen-bond acceptors (Lipinski definition) is 3. The van der Waals surface area contributed by atoms with Crippen molar-refractivity contribution in [3.63, 3.8) is 0 Å². The Bertz CT molecular complexity index is 165. The molecular weight excluding hydrogens is 182 g/mol. The fourth-order valence-electron chi connectivity index (χ4n) is 1.71. The third-order valence-corrected chi connectivity index (χ3v) is 3.89. The molecule has 0 N–H and O–H groups in total. The van der Waals surface area contributed by atoms with Crippen LogP contribution in [0, 0.1) is 0 Å². The maximum Gasteiger partial charge on any atom is 0.0997 e. The highest BCUT2D eigenvalue weighted by atomic mass is 32.2. The van der Waals surface area contributed by atoms with Crippen LogP contribution in [-0.4, -0.2) is 42.3 Å². The lowest BCUT2D eigenvalue weighted by atomic mass is 10.0. The Kier molecular flexibility index (Phi) is 4.07. The molecule has 13 heavy (non-hydrogen) atoms. The molecule has 1 saturated heterocycles. The summed E-state index contributed by atoms with van der Waals surface area (Å²) in [4.78, 5) is 2.42. The van der Waals surface area contributed by atoms with Crippen LogP contribution < -0.4 is 0 Å². The Morgan fingerprint density at radius 2 is 2.31 bits per heavy atom. The highest BCUT2D eigenvalue weighted by Gasteiger charge is 2.34. The highest BCUT2D eigenvalue weighted by Crippen LogP contribution is 2.28. The fraction of sp³-hybridized carbons (Fsp3) is 1.00. The highest BCUT2D eigenvalue weighted by molar-refractivity contribution is 7.99. The Morgan fingerprint density at radius 3 is 2.77 bits per heavy atom. The molecule has 0 bridgehead atoms. The van der Waals surface area contributed by atoms with E-state index in [2.05, 4.69) is 32.1 Å². The van der Waals surface area contributed by atoms with E-state index in [0.717, 1.165) is 6.61 Å². The van der Waals surface area contributed by atoms with Gasteiger partial charge in [0.25, 0.3) is 0 Å². The lowest BCUT2D eigenvalue weighted by molar-refractivity contribution is 0.0295. The Morgan fingerprint density at radius 1 is 1.62 bits per heavy atom. The van der Waals surface area contributed by atoms with Gasteiger partial charge in [0.2, 0.25) is 0 Å². The van der Waals surface area contributed by atoms with E-state index in [0.29, 0.717) is 5.44 Å². The second-order valence-electron chi connectivity index (χ2n) is 4.14. The molecule has 1 aliphatic heterocycles. The third kappa shape index (κ3) is 2.86. The van der Waals surface area contributed by atoms with Crippen molar-refractivity contribution >= 4 is 11.8 Å². The molecule has 2 nitrogen and oxygen atoms in total. The first kappa shape index (κ1) is 11.3. The summed E-state index contributed by atoms with van der Waals surface area (Å²) in [6, 6.07) is 0. The Hall–Kier alpha value is 0.270. The second kappa shape index (κ2) is 4.67. The summed E-state index contributed by atoms with van der Waals surface area (Å²) in [6.07, 6.45) is 4.67. The molecule has 1 fully saturated rings. The van der Waals surface area contributed by atoms with E-state index in [1.807, 2.05) is 0 Å². The zero-order valence-electron chi connectivity index (χ0n) is 9.17. The summed E-state index contributed by atoms with van der Waals surface area (Å²) in [5.41, 5.74) is 0.607. The fourth-order valence-corrected chi connectivity index (χ4v) is 1.91. The zero-order chi connectivity index (χ0) is 9.90. The minimum Gasteiger partial charge on any atom is -0.366 e. The van der Waals surface area contributed by atoms with E-state index in [1.54, 1.807) is 11.8 Å². The number of likely N-dealkylation sites (tertiary alicyclic amines) is 1. The van der Waals surface area contributed by atoms with Crippen LogP contribution in [0.15, 0.2) is 0 Å². The quantitative estimate of drug-likeness (QED) is 0.650. The van der Waals surface area contributed by atoms with Gasteiger partial charge in [-0.25, -0.2) is 0 Å². The average Bonchev–Trinajstić information content (AvgIpc) is 2.44. The molecule has 0 aromatic rings. The summed E-state index contributed by atoms with van der Waals surface area (Å²) in [7, 11) is 2.19. The Balaban J connectivity index is 2.34. The molecular formula is C10H21NOS. The van der Waals surface area contributed by atoms with E-state index in [9.17, 15) is 0 Å². The summed E-state index contributed by atoms with van der Waals surface area (Å²) >= 11 is 1.77. The van der Waals surface area contributed by atoms with Crippen LogP contribution >= 0.6 is 11.8 Å². The van der Waals surface area contributed by atoms with E-state index < -0.39 is 0 Å². The van der Waals surface area contributed by atoms with E-state index >= 15 is 0 Å². The van der Waals surface area contributed by atoms with Crippen LogP contribution in [0.25, 0.3) is 0 Å². The molecule has 0 amide bonds. The van der Waals surface area contributed by atoms with Crippen LogP contribution in [0.5, 0.6) is 0 Å². The van der Waals surface area contributed by atoms with Gasteiger partial charge < -0.3 is 4.74 Å². The number of hydrogen-bond donors (Lipinski definition) is 0. The SMILES string of the molecule is CSC(C)OCC1(C)CCCN1C. The van der Waals surface area contributed by atoms with Crippen molar-refractivity contribution in [3.8, 4) is 0 Å². The molecule has 1 heterocycles. The van der Waals surface area contributed by atoms with Gasteiger partial charge in [-0.2, -0.15) is 0 Å². The monoisotopic (exact) mass is 203 g/mol. The van der Waals surface area contributed by atoms with Gasteiger partial charge in [0.15, 0.2) is 0 Å². The molecule has 0 radical (unpaired) electrons. The maximum atomic E-state index is 5.77. The molecule has 0 aliphatic carbocycles. The van der Waals surface area contributed by atoms with E-state index in [1.165, 1.54) is 19.4 Å². The number of rotatable bonds is 4. The molecule has 78 valence electrons. The van der Waals surface area contributed by atoms with Gasteiger partial charge in [-0.3, -0.25) is 4.90 Å². The van der Waals surface area contributed by atoms with E-state index in [-0.39, 0.29) is 5.54 Å². The topological polar surface area (TPSA) is 12.5 Å². The van der Waals surface area contributed by atoms with Crippen LogP contribution in [0.2, 0.25) is 0 Å². The lowest BCUT2D eigenvalue weighted by Gasteiger charge is -2.32. The maximum absolute atomic E-state index is 5.77. The summed E-state index contributed by atoms with van der Waals surface area (Å²) in [5, 5.41) is 0. The van der Waals surface area contributed by atoms with Crippen molar-refractivity contribution in [2.24, 2.45) is 0 Å². The predicted molar refractivity (Wildman–Crippen MR) is 59.2 cm³/mol. The van der Waals surface area contributed by atoms with Crippen molar-refractivity contribution in [2.75, 3.05) is 26.5 Å². The summed E-state index contributed by atoms with van der Waals surface area (Å²) in [6.45, 7) is 6.50. The van der Waals surface area contributed by atoms with Crippen LogP contribution in [0.1, 0.15) is 26.7 Å². The first-order valence-corrected chi connectivity index (χ1v) is 6.23. The van der Waals surface area contributed by atoms with E-state index in [4.69, 9.17) is 4.74 Å². The van der Waals surface area contributed by atoms with Crippen molar-refractivity contribution < 1.29 is 4.74 Å². The first-order valence-electron chi connectivity index (χ1n) is 4.94. The van der Waals surface area contributed by atoms with Crippen molar-refractivity contribution in [1.29, 1.82) is 0 Å². The first-order chi connectivity index (χ1) is 6.08. The molecule has 1 rings (SSSR count). The van der Waals surface area contributed by atoms with Crippen molar-refractivity contribution in [2.45, 2.75) is 37.7 Å². The third-order valence-electron chi connectivity index (χ3n) is 3.09. The zero-order valence-corrected chi connectivity index (χ0v) is 9.99. The van der Waals surface area contributed by atoms with Gasteiger partial charge in [0.1, 0.15) is 0 Å². The van der Waals surface area contributed by atoms with Gasteiger partial charge in [-0.05, 0) is 46.5 Å². The predicted octanol–water partition coefficient (Wildman–Crippen LogP) is 2.20. The van der Waals surface area contributed by atoms with Crippen LogP contribution in [0.3, 0.4) is 0 Å². The lowest BCUT2D eigenvalue weighted by Crippen LogP contribution is -2.43. The second-order valence-corrected chi connectivity index (χ2v) is 5.27. The summed E-state index contributed by atoms with van der Waals surface area (Å²) in [5.74, 6) is 0. The molecule has 0 spiro atoms. The van der Waals surface area contributed by atoms with Gasteiger partial charge in [0.05, 0.1) is 12.0 Å². The average molecular weight is 203 g/mol. The molecule has 0 aromatic heterocycles. The van der Waals surface area contributed by atoms with Crippen molar-refractivity contribution in [3.05, 3.63) is 0 Å². The molecule has 3 heteroatoms. The molecule has 0 aromatic carbocycles. The number of ether oxygens (including phenoxy) is 1. The van der Waals surface area contributed by atoms with Gasteiger partial charge in [-0.1, -0.05) is 0 Å². The number of thioether (sulfide) groups is 1. The van der Waals surface area contributed by atoms with Gasteiger partial charge >= 0.3 is 0 Å². The minimum absolute atomic E-state index is 0.282.